The number of nitrogens with two attached hydrogens (primary N) is 1. The van der Waals surface area contributed by atoms with Crippen LogP contribution in [0.5, 0.6) is 0 Å². The van der Waals surface area contributed by atoms with Gasteiger partial charge in [-0.1, -0.05) is 35.1 Å². The molecule has 0 saturated carbocycles. The largest absolute Gasteiger partial charge is 0.389 e. The molecule has 0 bridgehead atoms. The van der Waals surface area contributed by atoms with Crippen molar-refractivity contribution in [3.05, 3.63) is 28.2 Å². The average Bonchev–Trinajstić information content (AvgIpc) is 2.27. The number of benzene rings is 1. The third-order valence-corrected chi connectivity index (χ3v) is 4.07. The molecular weight excluding hydrogens is 296 g/mol. The maximum absolute atomic E-state index is 5.78. The minimum atomic E-state index is 0.0698. The summed E-state index contributed by atoms with van der Waals surface area (Å²) in [4.78, 5) is 2.66. The number of hydrogen-bond acceptors (Lipinski definition) is 2. The lowest BCUT2D eigenvalue weighted by molar-refractivity contribution is 0.470. The highest BCUT2D eigenvalue weighted by Gasteiger charge is 2.24. The van der Waals surface area contributed by atoms with E-state index in [0.29, 0.717) is 4.99 Å². The van der Waals surface area contributed by atoms with E-state index in [9.17, 15) is 0 Å². The van der Waals surface area contributed by atoms with E-state index in [2.05, 4.69) is 54.7 Å². The van der Waals surface area contributed by atoms with Crippen molar-refractivity contribution >= 4 is 38.8 Å². The van der Waals surface area contributed by atoms with Gasteiger partial charge in [-0.3, -0.25) is 0 Å². The molecule has 0 heterocycles. The standard InChI is InChI=1S/C13H19BrN2S/c1-5-13(2,3)16(4)11-8-9(14)6-7-10(11)12(15)17/h6-8H,5H2,1-4H3,(H2,15,17). The van der Waals surface area contributed by atoms with Crippen LogP contribution in [0.2, 0.25) is 0 Å². The molecule has 0 aliphatic rings. The summed E-state index contributed by atoms with van der Waals surface area (Å²) in [7, 11) is 2.08. The van der Waals surface area contributed by atoms with Crippen LogP contribution < -0.4 is 10.6 Å². The number of halogens is 1. The van der Waals surface area contributed by atoms with Gasteiger partial charge < -0.3 is 10.6 Å². The fourth-order valence-electron chi connectivity index (χ4n) is 1.55. The molecule has 0 spiro atoms. The minimum absolute atomic E-state index is 0.0698. The van der Waals surface area contributed by atoms with Gasteiger partial charge in [-0.15, -0.1) is 0 Å². The second-order valence-corrected chi connectivity index (χ2v) is 6.11. The lowest BCUT2D eigenvalue weighted by Crippen LogP contribution is -2.41. The summed E-state index contributed by atoms with van der Waals surface area (Å²) in [6.07, 6.45) is 1.05. The van der Waals surface area contributed by atoms with Crippen LogP contribution in [-0.4, -0.2) is 17.6 Å². The lowest BCUT2D eigenvalue weighted by Gasteiger charge is -2.38. The fraction of sp³-hybridized carbons (Fsp3) is 0.462. The minimum Gasteiger partial charge on any atom is -0.389 e. The summed E-state index contributed by atoms with van der Waals surface area (Å²) < 4.78 is 1.03. The van der Waals surface area contributed by atoms with Crippen LogP contribution in [0.15, 0.2) is 22.7 Å². The molecule has 0 aromatic heterocycles. The van der Waals surface area contributed by atoms with Gasteiger partial charge in [0.2, 0.25) is 0 Å². The molecule has 1 aromatic rings. The second-order valence-electron chi connectivity index (χ2n) is 4.75. The predicted molar refractivity (Wildman–Crippen MR) is 82.8 cm³/mol. The molecular formula is C13H19BrN2S. The van der Waals surface area contributed by atoms with Crippen molar-refractivity contribution in [2.45, 2.75) is 32.7 Å². The quantitative estimate of drug-likeness (QED) is 0.859. The van der Waals surface area contributed by atoms with Crippen molar-refractivity contribution in [1.82, 2.24) is 0 Å². The summed E-state index contributed by atoms with van der Waals surface area (Å²) >= 11 is 8.60. The highest BCUT2D eigenvalue weighted by molar-refractivity contribution is 9.10. The number of rotatable bonds is 4. The van der Waals surface area contributed by atoms with Crippen LogP contribution in [0.25, 0.3) is 0 Å². The molecule has 17 heavy (non-hydrogen) atoms. The van der Waals surface area contributed by atoms with Crippen molar-refractivity contribution in [2.24, 2.45) is 5.73 Å². The summed E-state index contributed by atoms with van der Waals surface area (Å²) in [6.45, 7) is 6.59. The molecule has 0 saturated heterocycles. The molecule has 2 nitrogen and oxygen atoms in total. The lowest BCUT2D eigenvalue weighted by atomic mass is 9.98. The van der Waals surface area contributed by atoms with Gasteiger partial charge in [0.05, 0.1) is 0 Å². The van der Waals surface area contributed by atoms with Gasteiger partial charge >= 0.3 is 0 Å². The van der Waals surface area contributed by atoms with Gasteiger partial charge in [0.15, 0.2) is 0 Å². The Morgan fingerprint density at radius 3 is 2.53 bits per heavy atom. The van der Waals surface area contributed by atoms with Gasteiger partial charge in [0, 0.05) is 28.3 Å². The third kappa shape index (κ3) is 3.19. The first-order valence-electron chi connectivity index (χ1n) is 5.62. The van der Waals surface area contributed by atoms with E-state index in [-0.39, 0.29) is 5.54 Å². The first-order chi connectivity index (χ1) is 7.79. The summed E-state index contributed by atoms with van der Waals surface area (Å²) in [5, 5.41) is 0. The Kier molecular flexibility index (Phi) is 4.55. The highest BCUT2D eigenvalue weighted by atomic mass is 79.9. The first-order valence-corrected chi connectivity index (χ1v) is 6.83. The Morgan fingerprint density at radius 1 is 1.47 bits per heavy atom. The summed E-state index contributed by atoms with van der Waals surface area (Å²) in [6, 6.07) is 5.99. The number of thiocarbonyl (C=S) groups is 1. The smallest absolute Gasteiger partial charge is 0.106 e. The van der Waals surface area contributed by atoms with E-state index in [4.69, 9.17) is 18.0 Å². The van der Waals surface area contributed by atoms with E-state index in [1.807, 2.05) is 12.1 Å². The molecule has 0 aliphatic heterocycles. The van der Waals surface area contributed by atoms with Crippen molar-refractivity contribution in [3.8, 4) is 0 Å². The number of anilines is 1. The van der Waals surface area contributed by atoms with Gasteiger partial charge in [0.1, 0.15) is 4.99 Å². The van der Waals surface area contributed by atoms with Gasteiger partial charge in [-0.05, 0) is 38.5 Å². The number of hydrogen-bond donors (Lipinski definition) is 1. The molecule has 0 aliphatic carbocycles. The van der Waals surface area contributed by atoms with Crippen molar-refractivity contribution in [2.75, 3.05) is 11.9 Å². The van der Waals surface area contributed by atoms with Crippen molar-refractivity contribution in [1.29, 1.82) is 0 Å². The maximum Gasteiger partial charge on any atom is 0.106 e. The zero-order valence-electron chi connectivity index (χ0n) is 10.7. The highest BCUT2D eigenvalue weighted by Crippen LogP contribution is 2.30. The van der Waals surface area contributed by atoms with E-state index < -0.39 is 0 Å². The van der Waals surface area contributed by atoms with Crippen LogP contribution in [0.1, 0.15) is 32.8 Å². The van der Waals surface area contributed by atoms with E-state index in [1.54, 1.807) is 0 Å². The molecule has 0 fully saturated rings. The van der Waals surface area contributed by atoms with Crippen molar-refractivity contribution in [3.63, 3.8) is 0 Å². The Balaban J connectivity index is 3.29. The Hall–Kier alpha value is -0.610. The molecule has 94 valence electrons. The van der Waals surface area contributed by atoms with Crippen LogP contribution in [-0.2, 0) is 0 Å². The average molecular weight is 315 g/mol. The molecule has 2 N–H and O–H groups in total. The Morgan fingerprint density at radius 2 is 2.06 bits per heavy atom. The predicted octanol–water partition coefficient (Wildman–Crippen LogP) is 3.71. The zero-order chi connectivity index (χ0) is 13.2. The monoisotopic (exact) mass is 314 g/mol. The first kappa shape index (κ1) is 14.5. The van der Waals surface area contributed by atoms with E-state index in [0.717, 1.165) is 22.1 Å². The van der Waals surface area contributed by atoms with E-state index >= 15 is 0 Å². The number of nitrogens with zero attached hydrogens (tertiary/aromatic N) is 1. The third-order valence-electron chi connectivity index (χ3n) is 3.36. The molecule has 0 unspecified atom stereocenters. The summed E-state index contributed by atoms with van der Waals surface area (Å²) in [5.74, 6) is 0. The molecule has 1 aromatic carbocycles. The summed E-state index contributed by atoms with van der Waals surface area (Å²) in [5.41, 5.74) is 7.84. The normalized spacial score (nSPS) is 11.4. The zero-order valence-corrected chi connectivity index (χ0v) is 13.2. The van der Waals surface area contributed by atoms with Gasteiger partial charge in [-0.2, -0.15) is 0 Å². The molecule has 1 rings (SSSR count). The van der Waals surface area contributed by atoms with Gasteiger partial charge in [0.25, 0.3) is 0 Å². The molecule has 0 amide bonds. The van der Waals surface area contributed by atoms with Crippen LogP contribution in [0.3, 0.4) is 0 Å². The fourth-order valence-corrected chi connectivity index (χ4v) is 2.08. The van der Waals surface area contributed by atoms with Crippen LogP contribution in [0.4, 0.5) is 5.69 Å². The molecule has 0 radical (unpaired) electrons. The maximum atomic E-state index is 5.78. The topological polar surface area (TPSA) is 29.3 Å². The molecule has 4 heteroatoms. The Labute approximate surface area is 117 Å². The van der Waals surface area contributed by atoms with Crippen LogP contribution >= 0.6 is 28.1 Å². The second kappa shape index (κ2) is 5.36. The van der Waals surface area contributed by atoms with Gasteiger partial charge in [-0.25, -0.2) is 0 Å². The molecule has 0 atom stereocenters. The van der Waals surface area contributed by atoms with Crippen molar-refractivity contribution < 1.29 is 0 Å². The van der Waals surface area contributed by atoms with Crippen LogP contribution in [0, 0.1) is 0 Å². The Bertz CT molecular complexity index is 429. The SMILES string of the molecule is CCC(C)(C)N(C)c1cc(Br)ccc1C(N)=S. The van der Waals surface area contributed by atoms with E-state index in [1.165, 1.54) is 0 Å².